The van der Waals surface area contributed by atoms with Crippen LogP contribution in [-0.4, -0.2) is 55.0 Å². The number of carbonyl (C=O) groups is 2. The van der Waals surface area contributed by atoms with E-state index in [-0.39, 0.29) is 18.4 Å². The molecule has 1 aliphatic carbocycles. The molecule has 124 valence electrons. The number of nitrogens with zero attached hydrogens (tertiary/aromatic N) is 2. The Bertz CT molecular complexity index is 618. The van der Waals surface area contributed by atoms with E-state index < -0.39 is 18.0 Å². The van der Waals surface area contributed by atoms with E-state index in [1.54, 1.807) is 31.1 Å². The molecule has 1 aromatic rings. The largest absolute Gasteiger partial charge is 0.356 e. The van der Waals surface area contributed by atoms with Crippen molar-refractivity contribution in [2.75, 3.05) is 27.2 Å². The van der Waals surface area contributed by atoms with Gasteiger partial charge in [-0.2, -0.15) is 0 Å². The molecule has 2 aliphatic rings. The van der Waals surface area contributed by atoms with Crippen molar-refractivity contribution in [2.24, 2.45) is 5.92 Å². The molecule has 2 fully saturated rings. The Hall–Kier alpha value is -1.95. The number of carbonyl (C=O) groups excluding carboxylic acids is 2. The third kappa shape index (κ3) is 3.37. The normalized spacial score (nSPS) is 24.7. The SMILES string of the molecule is CN(CC1CC1)C(=O)C1OCC(=O)N(C)C1c1cccc(F)c1. The maximum atomic E-state index is 13.6. The summed E-state index contributed by atoms with van der Waals surface area (Å²) in [7, 11) is 3.38. The summed E-state index contributed by atoms with van der Waals surface area (Å²) in [5.41, 5.74) is 0.568. The Morgan fingerprint density at radius 2 is 2.17 bits per heavy atom. The van der Waals surface area contributed by atoms with E-state index in [9.17, 15) is 14.0 Å². The number of rotatable bonds is 4. The van der Waals surface area contributed by atoms with Crippen molar-refractivity contribution in [3.8, 4) is 0 Å². The van der Waals surface area contributed by atoms with Crippen LogP contribution in [-0.2, 0) is 14.3 Å². The maximum absolute atomic E-state index is 13.6. The molecular formula is C17H21FN2O3. The second-order valence-corrected chi connectivity index (χ2v) is 6.40. The van der Waals surface area contributed by atoms with Crippen LogP contribution in [0, 0.1) is 11.7 Å². The second-order valence-electron chi connectivity index (χ2n) is 6.40. The highest BCUT2D eigenvalue weighted by atomic mass is 19.1. The first-order valence-electron chi connectivity index (χ1n) is 7.85. The van der Waals surface area contributed by atoms with Crippen LogP contribution in [0.1, 0.15) is 24.4 Å². The average molecular weight is 320 g/mol. The lowest BCUT2D eigenvalue weighted by Crippen LogP contribution is -2.53. The summed E-state index contributed by atoms with van der Waals surface area (Å²) >= 11 is 0. The minimum Gasteiger partial charge on any atom is -0.356 e. The lowest BCUT2D eigenvalue weighted by Gasteiger charge is -2.39. The summed E-state index contributed by atoms with van der Waals surface area (Å²) in [5.74, 6) is -0.204. The van der Waals surface area contributed by atoms with Crippen molar-refractivity contribution in [1.29, 1.82) is 0 Å². The molecule has 2 atom stereocenters. The second kappa shape index (κ2) is 6.28. The van der Waals surface area contributed by atoms with Crippen molar-refractivity contribution < 1.29 is 18.7 Å². The molecule has 0 radical (unpaired) electrons. The van der Waals surface area contributed by atoms with Gasteiger partial charge in [0.25, 0.3) is 5.91 Å². The molecule has 0 N–H and O–H groups in total. The number of hydrogen-bond acceptors (Lipinski definition) is 3. The molecular weight excluding hydrogens is 299 g/mol. The highest BCUT2D eigenvalue weighted by Crippen LogP contribution is 2.33. The highest BCUT2D eigenvalue weighted by Gasteiger charge is 2.42. The molecule has 0 bridgehead atoms. The van der Waals surface area contributed by atoms with Gasteiger partial charge in [-0.05, 0) is 36.5 Å². The van der Waals surface area contributed by atoms with E-state index in [2.05, 4.69) is 0 Å². The van der Waals surface area contributed by atoms with Gasteiger partial charge in [-0.3, -0.25) is 9.59 Å². The van der Waals surface area contributed by atoms with Crippen LogP contribution < -0.4 is 0 Å². The van der Waals surface area contributed by atoms with Gasteiger partial charge in [0.15, 0.2) is 6.10 Å². The molecule has 1 saturated heterocycles. The smallest absolute Gasteiger partial charge is 0.253 e. The molecule has 1 heterocycles. The number of likely N-dealkylation sites (N-methyl/N-ethyl adjacent to an activating group) is 2. The Kier molecular flexibility index (Phi) is 4.35. The van der Waals surface area contributed by atoms with Gasteiger partial charge in [-0.1, -0.05) is 12.1 Å². The van der Waals surface area contributed by atoms with E-state index in [4.69, 9.17) is 4.74 Å². The first-order chi connectivity index (χ1) is 11.0. The quantitative estimate of drug-likeness (QED) is 0.846. The molecule has 1 aromatic carbocycles. The van der Waals surface area contributed by atoms with Gasteiger partial charge in [-0.15, -0.1) is 0 Å². The third-order valence-corrected chi connectivity index (χ3v) is 4.52. The zero-order valence-corrected chi connectivity index (χ0v) is 13.4. The molecule has 3 rings (SSSR count). The molecule has 1 saturated carbocycles. The van der Waals surface area contributed by atoms with Crippen molar-refractivity contribution in [1.82, 2.24) is 9.80 Å². The third-order valence-electron chi connectivity index (χ3n) is 4.52. The van der Waals surface area contributed by atoms with Gasteiger partial charge in [0.05, 0.1) is 6.04 Å². The van der Waals surface area contributed by atoms with E-state index in [0.717, 1.165) is 12.8 Å². The standard InChI is InChI=1S/C17H21FN2O3/c1-19(9-11-6-7-11)17(22)16-15(20(2)14(21)10-23-16)12-4-3-5-13(18)8-12/h3-5,8,11,15-16H,6-7,9-10H2,1-2H3. The lowest BCUT2D eigenvalue weighted by atomic mass is 9.97. The van der Waals surface area contributed by atoms with E-state index >= 15 is 0 Å². The summed E-state index contributed by atoms with van der Waals surface area (Å²) in [6.45, 7) is 0.572. The molecule has 2 amide bonds. The van der Waals surface area contributed by atoms with E-state index in [1.165, 1.54) is 17.0 Å². The molecule has 6 heteroatoms. The van der Waals surface area contributed by atoms with Crippen LogP contribution >= 0.6 is 0 Å². The first-order valence-corrected chi connectivity index (χ1v) is 7.85. The molecule has 2 unspecified atom stereocenters. The molecule has 5 nitrogen and oxygen atoms in total. The van der Waals surface area contributed by atoms with Gasteiger partial charge in [-0.25, -0.2) is 4.39 Å². The predicted octanol–water partition coefficient (Wildman–Crippen LogP) is 1.59. The van der Waals surface area contributed by atoms with E-state index in [0.29, 0.717) is 18.0 Å². The summed E-state index contributed by atoms with van der Waals surface area (Å²) in [4.78, 5) is 27.9. The van der Waals surface area contributed by atoms with Crippen LogP contribution in [0.4, 0.5) is 4.39 Å². The molecule has 0 aromatic heterocycles. The average Bonchev–Trinajstić information content (AvgIpc) is 3.33. The summed E-state index contributed by atoms with van der Waals surface area (Å²) in [5, 5.41) is 0. The number of hydrogen-bond donors (Lipinski definition) is 0. The number of amides is 2. The van der Waals surface area contributed by atoms with E-state index in [1.807, 2.05) is 0 Å². The fourth-order valence-corrected chi connectivity index (χ4v) is 3.00. The Labute approximate surface area is 135 Å². The van der Waals surface area contributed by atoms with Crippen molar-refractivity contribution in [3.63, 3.8) is 0 Å². The van der Waals surface area contributed by atoms with Crippen LogP contribution in [0.3, 0.4) is 0 Å². The minimum atomic E-state index is -0.803. The number of morpholine rings is 1. The van der Waals surface area contributed by atoms with Crippen molar-refractivity contribution in [3.05, 3.63) is 35.6 Å². The predicted molar refractivity (Wildman–Crippen MR) is 82.0 cm³/mol. The summed E-state index contributed by atoms with van der Waals surface area (Å²) in [6, 6.07) is 5.37. The van der Waals surface area contributed by atoms with Gasteiger partial charge < -0.3 is 14.5 Å². The monoisotopic (exact) mass is 320 g/mol. The summed E-state index contributed by atoms with van der Waals surface area (Å²) < 4.78 is 19.1. The number of ether oxygens (including phenoxy) is 1. The topological polar surface area (TPSA) is 49.9 Å². The van der Waals surface area contributed by atoms with Gasteiger partial charge in [0, 0.05) is 20.6 Å². The van der Waals surface area contributed by atoms with Gasteiger partial charge in [0.2, 0.25) is 5.91 Å². The lowest BCUT2D eigenvalue weighted by molar-refractivity contribution is -0.166. The Morgan fingerprint density at radius 1 is 1.43 bits per heavy atom. The first kappa shape index (κ1) is 15.9. The van der Waals surface area contributed by atoms with Gasteiger partial charge >= 0.3 is 0 Å². The zero-order valence-electron chi connectivity index (χ0n) is 13.4. The van der Waals surface area contributed by atoms with Crippen LogP contribution in [0.25, 0.3) is 0 Å². The van der Waals surface area contributed by atoms with Crippen LogP contribution in [0.5, 0.6) is 0 Å². The van der Waals surface area contributed by atoms with Gasteiger partial charge in [0.1, 0.15) is 12.4 Å². The van der Waals surface area contributed by atoms with Crippen molar-refractivity contribution >= 4 is 11.8 Å². The number of halogens is 1. The fourth-order valence-electron chi connectivity index (χ4n) is 3.00. The minimum absolute atomic E-state index is 0.129. The molecule has 23 heavy (non-hydrogen) atoms. The molecule has 1 aliphatic heterocycles. The number of benzene rings is 1. The Balaban J connectivity index is 1.86. The van der Waals surface area contributed by atoms with Crippen molar-refractivity contribution in [2.45, 2.75) is 25.0 Å². The summed E-state index contributed by atoms with van der Waals surface area (Å²) in [6.07, 6.45) is 1.49. The highest BCUT2D eigenvalue weighted by molar-refractivity contribution is 5.86. The Morgan fingerprint density at radius 3 is 2.83 bits per heavy atom. The fraction of sp³-hybridized carbons (Fsp3) is 0.529. The maximum Gasteiger partial charge on any atom is 0.253 e. The van der Waals surface area contributed by atoms with Crippen LogP contribution in [0.2, 0.25) is 0 Å². The molecule has 0 spiro atoms. The van der Waals surface area contributed by atoms with Crippen LogP contribution in [0.15, 0.2) is 24.3 Å². The zero-order chi connectivity index (χ0) is 16.6.